The van der Waals surface area contributed by atoms with E-state index in [1.807, 2.05) is 31.1 Å². The lowest BCUT2D eigenvalue weighted by molar-refractivity contribution is 0.0997. The van der Waals surface area contributed by atoms with Crippen LogP contribution in [0.25, 0.3) is 10.9 Å². The van der Waals surface area contributed by atoms with Crippen LogP contribution in [0.5, 0.6) is 11.5 Å². The van der Waals surface area contributed by atoms with Gasteiger partial charge in [-0.1, -0.05) is 0 Å². The standard InChI is InChI=1S/C20H22N4O3/c1-24(2)11-12-8-13(4-5-18(12)25)23-16-6-7-22-17-10-19(27-3)15(20(21)26)9-14(16)17/h4-10,25H,11H2,1-3H3,(H2,21,26)(H,22,23). The maximum absolute atomic E-state index is 11.7. The van der Waals surface area contributed by atoms with Crippen molar-refractivity contribution in [3.05, 3.63) is 53.7 Å². The van der Waals surface area contributed by atoms with Crippen LogP contribution in [0.15, 0.2) is 42.6 Å². The van der Waals surface area contributed by atoms with E-state index < -0.39 is 5.91 Å². The van der Waals surface area contributed by atoms with Gasteiger partial charge in [0.25, 0.3) is 5.91 Å². The molecule has 4 N–H and O–H groups in total. The fourth-order valence-electron chi connectivity index (χ4n) is 2.93. The van der Waals surface area contributed by atoms with Gasteiger partial charge in [0, 0.05) is 41.1 Å². The van der Waals surface area contributed by atoms with Gasteiger partial charge in [0.1, 0.15) is 11.5 Å². The van der Waals surface area contributed by atoms with Gasteiger partial charge in [0.05, 0.1) is 18.2 Å². The minimum atomic E-state index is -0.568. The number of phenols is 1. The molecule has 0 aliphatic carbocycles. The third kappa shape index (κ3) is 3.93. The molecule has 0 spiro atoms. The third-order valence-corrected chi connectivity index (χ3v) is 4.17. The number of hydrogen-bond acceptors (Lipinski definition) is 6. The number of nitrogens with two attached hydrogens (primary N) is 1. The number of rotatable bonds is 6. The van der Waals surface area contributed by atoms with Crippen LogP contribution in [0, 0.1) is 0 Å². The summed E-state index contributed by atoms with van der Waals surface area (Å²) in [6.45, 7) is 0.613. The number of anilines is 2. The van der Waals surface area contributed by atoms with Crippen LogP contribution >= 0.6 is 0 Å². The lowest BCUT2D eigenvalue weighted by Crippen LogP contribution is -2.12. The van der Waals surface area contributed by atoms with E-state index in [0.29, 0.717) is 23.4 Å². The Hall–Kier alpha value is -3.32. The van der Waals surface area contributed by atoms with Gasteiger partial charge in [-0.3, -0.25) is 9.78 Å². The zero-order chi connectivity index (χ0) is 19.6. The Bertz CT molecular complexity index is 1000. The highest BCUT2D eigenvalue weighted by Gasteiger charge is 2.14. The maximum atomic E-state index is 11.7. The molecular formula is C20H22N4O3. The number of primary amides is 1. The molecule has 7 heteroatoms. The number of methoxy groups -OCH3 is 1. The molecule has 1 amide bonds. The van der Waals surface area contributed by atoms with E-state index >= 15 is 0 Å². The predicted octanol–water partition coefficient (Wildman–Crippen LogP) is 2.85. The maximum Gasteiger partial charge on any atom is 0.252 e. The summed E-state index contributed by atoms with van der Waals surface area (Å²) >= 11 is 0. The number of aromatic hydroxyl groups is 1. The van der Waals surface area contributed by atoms with Crippen molar-refractivity contribution in [3.63, 3.8) is 0 Å². The number of amides is 1. The van der Waals surface area contributed by atoms with Crippen molar-refractivity contribution in [1.29, 1.82) is 0 Å². The Balaban J connectivity index is 2.05. The third-order valence-electron chi connectivity index (χ3n) is 4.17. The van der Waals surface area contributed by atoms with Gasteiger partial charge in [0.15, 0.2) is 0 Å². The fraction of sp³-hybridized carbons (Fsp3) is 0.200. The topological polar surface area (TPSA) is 101 Å². The lowest BCUT2D eigenvalue weighted by atomic mass is 10.1. The molecule has 0 atom stereocenters. The van der Waals surface area contributed by atoms with E-state index in [4.69, 9.17) is 10.5 Å². The first-order valence-corrected chi connectivity index (χ1v) is 8.39. The van der Waals surface area contributed by atoms with Gasteiger partial charge in [0.2, 0.25) is 0 Å². The van der Waals surface area contributed by atoms with Gasteiger partial charge in [-0.2, -0.15) is 0 Å². The zero-order valence-corrected chi connectivity index (χ0v) is 15.5. The van der Waals surface area contributed by atoms with Gasteiger partial charge in [-0.05, 0) is 44.4 Å². The number of ether oxygens (including phenoxy) is 1. The summed E-state index contributed by atoms with van der Waals surface area (Å²) in [4.78, 5) is 18.1. The van der Waals surface area contributed by atoms with E-state index in [9.17, 15) is 9.90 Å². The molecule has 1 aromatic heterocycles. The number of nitrogens with zero attached hydrogens (tertiary/aromatic N) is 2. The second-order valence-electron chi connectivity index (χ2n) is 6.50. The summed E-state index contributed by atoms with van der Waals surface area (Å²) in [5.74, 6) is 0.0635. The van der Waals surface area contributed by atoms with Crippen LogP contribution in [0.4, 0.5) is 11.4 Å². The molecule has 0 radical (unpaired) electrons. The molecule has 0 saturated carbocycles. The molecule has 0 unspecified atom stereocenters. The number of phenolic OH excluding ortho intramolecular Hbond substituents is 1. The van der Waals surface area contributed by atoms with Crippen LogP contribution in [-0.2, 0) is 6.54 Å². The van der Waals surface area contributed by atoms with Crippen molar-refractivity contribution < 1.29 is 14.6 Å². The Labute approximate surface area is 157 Å². The van der Waals surface area contributed by atoms with E-state index in [2.05, 4.69) is 10.3 Å². The van der Waals surface area contributed by atoms with Crippen molar-refractivity contribution >= 4 is 28.2 Å². The molecule has 0 fully saturated rings. The number of carbonyl (C=O) groups excluding carboxylic acids is 1. The van der Waals surface area contributed by atoms with E-state index in [1.54, 1.807) is 30.5 Å². The molecule has 0 saturated heterocycles. The zero-order valence-electron chi connectivity index (χ0n) is 15.5. The molecule has 0 bridgehead atoms. The largest absolute Gasteiger partial charge is 0.508 e. The normalized spacial score (nSPS) is 11.0. The molecule has 7 nitrogen and oxygen atoms in total. The van der Waals surface area contributed by atoms with Crippen molar-refractivity contribution in [2.45, 2.75) is 6.54 Å². The minimum absolute atomic E-state index is 0.245. The first-order chi connectivity index (χ1) is 12.9. The van der Waals surface area contributed by atoms with Crippen molar-refractivity contribution in [3.8, 4) is 11.5 Å². The molecule has 2 aromatic carbocycles. The Morgan fingerprint density at radius 3 is 2.70 bits per heavy atom. The molecule has 140 valence electrons. The minimum Gasteiger partial charge on any atom is -0.508 e. The Kier molecular flexibility index (Phi) is 5.14. The second kappa shape index (κ2) is 7.51. The first kappa shape index (κ1) is 18.5. The molecule has 0 aliphatic heterocycles. The van der Waals surface area contributed by atoms with Crippen LogP contribution < -0.4 is 15.8 Å². The average molecular weight is 366 g/mol. The molecule has 1 heterocycles. The molecule has 3 aromatic rings. The van der Waals surface area contributed by atoms with E-state index in [0.717, 1.165) is 22.3 Å². The van der Waals surface area contributed by atoms with Gasteiger partial charge >= 0.3 is 0 Å². The van der Waals surface area contributed by atoms with Crippen molar-refractivity contribution in [2.24, 2.45) is 5.73 Å². The van der Waals surface area contributed by atoms with Crippen LogP contribution in [-0.4, -0.2) is 42.1 Å². The number of nitrogens with one attached hydrogen (secondary N) is 1. The first-order valence-electron chi connectivity index (χ1n) is 8.39. The lowest BCUT2D eigenvalue weighted by Gasteiger charge is -2.15. The van der Waals surface area contributed by atoms with Crippen LogP contribution in [0.1, 0.15) is 15.9 Å². The predicted molar refractivity (Wildman–Crippen MR) is 106 cm³/mol. The molecular weight excluding hydrogens is 344 g/mol. The number of benzene rings is 2. The van der Waals surface area contributed by atoms with Crippen LogP contribution in [0.2, 0.25) is 0 Å². The second-order valence-corrected chi connectivity index (χ2v) is 6.50. The highest BCUT2D eigenvalue weighted by molar-refractivity contribution is 6.03. The summed E-state index contributed by atoms with van der Waals surface area (Å²) in [5.41, 5.74) is 8.83. The summed E-state index contributed by atoms with van der Waals surface area (Å²) in [7, 11) is 5.36. The number of fused-ring (bicyclic) bond motifs is 1. The van der Waals surface area contributed by atoms with Crippen LogP contribution in [0.3, 0.4) is 0 Å². The summed E-state index contributed by atoms with van der Waals surface area (Å²) in [5, 5.41) is 14.1. The van der Waals surface area contributed by atoms with Gasteiger partial charge in [-0.25, -0.2) is 0 Å². The monoisotopic (exact) mass is 366 g/mol. The quantitative estimate of drug-likeness (QED) is 0.580. The SMILES string of the molecule is COc1cc2nccc(Nc3ccc(O)c(CN(C)C)c3)c2cc1C(N)=O. The van der Waals surface area contributed by atoms with Crippen molar-refractivity contribution in [2.75, 3.05) is 26.5 Å². The summed E-state index contributed by atoms with van der Waals surface area (Å²) in [6, 6.07) is 10.5. The van der Waals surface area contributed by atoms with E-state index in [1.165, 1.54) is 7.11 Å². The fourth-order valence-corrected chi connectivity index (χ4v) is 2.93. The molecule has 0 aliphatic rings. The molecule has 27 heavy (non-hydrogen) atoms. The molecule has 3 rings (SSSR count). The number of aromatic nitrogens is 1. The van der Waals surface area contributed by atoms with Crippen molar-refractivity contribution in [1.82, 2.24) is 9.88 Å². The number of pyridine rings is 1. The summed E-state index contributed by atoms with van der Waals surface area (Å²) in [6.07, 6.45) is 1.68. The Morgan fingerprint density at radius 1 is 1.26 bits per heavy atom. The highest BCUT2D eigenvalue weighted by atomic mass is 16.5. The van der Waals surface area contributed by atoms with Gasteiger partial charge in [-0.15, -0.1) is 0 Å². The number of carbonyl (C=O) groups is 1. The highest BCUT2D eigenvalue weighted by Crippen LogP contribution is 2.32. The van der Waals surface area contributed by atoms with E-state index in [-0.39, 0.29) is 5.75 Å². The average Bonchev–Trinajstić information content (AvgIpc) is 2.63. The smallest absolute Gasteiger partial charge is 0.252 e. The Morgan fingerprint density at radius 2 is 2.04 bits per heavy atom. The summed E-state index contributed by atoms with van der Waals surface area (Å²) < 4.78 is 5.25. The number of hydrogen-bond donors (Lipinski definition) is 3. The van der Waals surface area contributed by atoms with Gasteiger partial charge < -0.3 is 25.8 Å².